The van der Waals surface area contributed by atoms with Gasteiger partial charge in [-0.2, -0.15) is 13.2 Å². The Morgan fingerprint density at radius 1 is 1.26 bits per heavy atom. The molecule has 0 N–H and O–H groups in total. The molecule has 1 heterocycles. The third-order valence-electron chi connectivity index (χ3n) is 2.90. The molecular weight excluding hydrogens is 255 g/mol. The van der Waals surface area contributed by atoms with Crippen molar-refractivity contribution >= 4 is 6.29 Å². The van der Waals surface area contributed by atoms with Gasteiger partial charge in [-0.3, -0.25) is 4.79 Å². The van der Waals surface area contributed by atoms with Crippen LogP contribution < -0.4 is 0 Å². The Labute approximate surface area is 108 Å². The maximum absolute atomic E-state index is 13.0. The lowest BCUT2D eigenvalue weighted by Crippen LogP contribution is -2.08. The normalized spacial score (nSPS) is 11.6. The van der Waals surface area contributed by atoms with Crippen LogP contribution in [0, 0.1) is 0 Å². The summed E-state index contributed by atoms with van der Waals surface area (Å²) < 4.78 is 40.6. The first-order valence-electron chi connectivity index (χ1n) is 5.79. The van der Waals surface area contributed by atoms with E-state index in [0.717, 1.165) is 6.07 Å². The summed E-state index contributed by atoms with van der Waals surface area (Å²) in [6.45, 7) is 2.31. The van der Waals surface area contributed by atoms with E-state index in [-0.39, 0.29) is 5.56 Å². The van der Waals surface area contributed by atoms with E-state index in [1.165, 1.54) is 18.2 Å². The lowest BCUT2D eigenvalue weighted by Gasteiger charge is -2.14. The van der Waals surface area contributed by atoms with Crippen molar-refractivity contribution in [2.45, 2.75) is 19.6 Å². The molecule has 1 aromatic carbocycles. The molecule has 100 valence electrons. The zero-order chi connectivity index (χ0) is 14.0. The number of halogens is 3. The Morgan fingerprint density at radius 2 is 1.95 bits per heavy atom. The van der Waals surface area contributed by atoms with Gasteiger partial charge in [-0.1, -0.05) is 18.2 Å². The van der Waals surface area contributed by atoms with Gasteiger partial charge in [-0.15, -0.1) is 0 Å². The molecule has 0 aliphatic heterocycles. The van der Waals surface area contributed by atoms with E-state index in [1.807, 2.05) is 6.92 Å². The number of aldehydes is 1. The zero-order valence-electron chi connectivity index (χ0n) is 10.2. The Bertz CT molecular complexity index is 599. The molecule has 19 heavy (non-hydrogen) atoms. The summed E-state index contributed by atoms with van der Waals surface area (Å²) in [7, 11) is 0. The van der Waals surface area contributed by atoms with Gasteiger partial charge in [-0.25, -0.2) is 0 Å². The standard InChI is InChI=1S/C14H12F3NO/c1-2-18-8-10(9-19)7-13(18)11-5-3-4-6-12(11)14(15,16)17/h3-9H,2H2,1H3. The Hall–Kier alpha value is -2.04. The molecular formula is C14H12F3NO. The molecule has 0 saturated carbocycles. The van der Waals surface area contributed by atoms with E-state index in [1.54, 1.807) is 16.8 Å². The fraction of sp³-hybridized carbons (Fsp3) is 0.214. The van der Waals surface area contributed by atoms with Gasteiger partial charge < -0.3 is 4.57 Å². The van der Waals surface area contributed by atoms with Crippen molar-refractivity contribution in [2.24, 2.45) is 0 Å². The van der Waals surface area contributed by atoms with E-state index in [0.29, 0.717) is 24.1 Å². The molecule has 0 unspecified atom stereocenters. The average molecular weight is 267 g/mol. The van der Waals surface area contributed by atoms with E-state index >= 15 is 0 Å². The zero-order valence-corrected chi connectivity index (χ0v) is 10.2. The summed E-state index contributed by atoms with van der Waals surface area (Å²) in [5.74, 6) is 0. The maximum Gasteiger partial charge on any atom is 0.417 e. The molecule has 1 aromatic heterocycles. The first-order chi connectivity index (χ1) is 8.97. The quantitative estimate of drug-likeness (QED) is 0.770. The SMILES string of the molecule is CCn1cc(C=O)cc1-c1ccccc1C(F)(F)F. The van der Waals surface area contributed by atoms with Gasteiger partial charge in [-0.05, 0) is 19.1 Å². The summed E-state index contributed by atoms with van der Waals surface area (Å²) in [5.41, 5.74) is 0.163. The van der Waals surface area contributed by atoms with Gasteiger partial charge in [0, 0.05) is 29.6 Å². The highest BCUT2D eigenvalue weighted by molar-refractivity contribution is 5.79. The number of hydrogen-bond acceptors (Lipinski definition) is 1. The number of aromatic nitrogens is 1. The summed E-state index contributed by atoms with van der Waals surface area (Å²) in [5, 5.41) is 0. The minimum absolute atomic E-state index is 0.0879. The third-order valence-corrected chi connectivity index (χ3v) is 2.90. The van der Waals surface area contributed by atoms with Crippen molar-refractivity contribution in [1.82, 2.24) is 4.57 Å². The molecule has 5 heteroatoms. The predicted octanol–water partition coefficient (Wildman–Crippen LogP) is 4.01. The molecule has 0 aliphatic rings. The summed E-state index contributed by atoms with van der Waals surface area (Å²) in [6.07, 6.45) is -2.23. The predicted molar refractivity (Wildman–Crippen MR) is 65.9 cm³/mol. The van der Waals surface area contributed by atoms with Crippen LogP contribution in [-0.4, -0.2) is 10.9 Å². The number of carbonyl (C=O) groups excluding carboxylic acids is 1. The first kappa shape index (κ1) is 13.4. The van der Waals surface area contributed by atoms with Crippen molar-refractivity contribution in [2.75, 3.05) is 0 Å². The lowest BCUT2D eigenvalue weighted by atomic mass is 10.0. The highest BCUT2D eigenvalue weighted by Gasteiger charge is 2.33. The van der Waals surface area contributed by atoms with Crippen LogP contribution in [0.2, 0.25) is 0 Å². The number of aryl methyl sites for hydroxylation is 1. The second-order valence-corrected chi connectivity index (χ2v) is 4.11. The summed E-state index contributed by atoms with van der Waals surface area (Å²) >= 11 is 0. The topological polar surface area (TPSA) is 22.0 Å². The molecule has 2 rings (SSSR count). The molecule has 0 aliphatic carbocycles. The van der Waals surface area contributed by atoms with Crippen LogP contribution in [0.3, 0.4) is 0 Å². The van der Waals surface area contributed by atoms with Gasteiger partial charge in [0.25, 0.3) is 0 Å². The highest BCUT2D eigenvalue weighted by atomic mass is 19.4. The first-order valence-corrected chi connectivity index (χ1v) is 5.79. The minimum atomic E-state index is -4.42. The Morgan fingerprint density at radius 3 is 2.53 bits per heavy atom. The summed E-state index contributed by atoms with van der Waals surface area (Å²) in [4.78, 5) is 10.8. The monoisotopic (exact) mass is 267 g/mol. The maximum atomic E-state index is 13.0. The minimum Gasteiger partial charge on any atom is -0.347 e. The largest absolute Gasteiger partial charge is 0.417 e. The fourth-order valence-electron chi connectivity index (χ4n) is 2.04. The second kappa shape index (κ2) is 4.91. The number of benzene rings is 1. The molecule has 0 spiro atoms. The fourth-order valence-corrected chi connectivity index (χ4v) is 2.04. The van der Waals surface area contributed by atoms with Gasteiger partial charge >= 0.3 is 6.18 Å². The molecule has 0 radical (unpaired) electrons. The van der Waals surface area contributed by atoms with Crippen LogP contribution in [-0.2, 0) is 12.7 Å². The van der Waals surface area contributed by atoms with Crippen LogP contribution in [0.25, 0.3) is 11.3 Å². The van der Waals surface area contributed by atoms with Crippen molar-refractivity contribution in [1.29, 1.82) is 0 Å². The number of alkyl halides is 3. The van der Waals surface area contributed by atoms with Crippen LogP contribution in [0.4, 0.5) is 13.2 Å². The van der Waals surface area contributed by atoms with Crippen LogP contribution in [0.15, 0.2) is 36.5 Å². The van der Waals surface area contributed by atoms with Gasteiger partial charge in [0.05, 0.1) is 5.56 Å². The van der Waals surface area contributed by atoms with Crippen molar-refractivity contribution in [3.63, 3.8) is 0 Å². The van der Waals surface area contributed by atoms with Crippen LogP contribution in [0.5, 0.6) is 0 Å². The third kappa shape index (κ3) is 2.54. The number of hydrogen-bond donors (Lipinski definition) is 0. The molecule has 0 atom stereocenters. The van der Waals surface area contributed by atoms with Crippen LogP contribution >= 0.6 is 0 Å². The smallest absolute Gasteiger partial charge is 0.347 e. The van der Waals surface area contributed by atoms with Crippen LogP contribution in [0.1, 0.15) is 22.8 Å². The molecule has 0 saturated heterocycles. The second-order valence-electron chi connectivity index (χ2n) is 4.11. The van der Waals surface area contributed by atoms with Crippen molar-refractivity contribution in [3.05, 3.63) is 47.7 Å². The Balaban J connectivity index is 2.65. The van der Waals surface area contributed by atoms with Crippen molar-refractivity contribution in [3.8, 4) is 11.3 Å². The van der Waals surface area contributed by atoms with Crippen molar-refractivity contribution < 1.29 is 18.0 Å². The van der Waals surface area contributed by atoms with E-state index in [4.69, 9.17) is 0 Å². The van der Waals surface area contributed by atoms with Gasteiger partial charge in [0.15, 0.2) is 6.29 Å². The molecule has 0 fully saturated rings. The molecule has 2 nitrogen and oxygen atoms in total. The van der Waals surface area contributed by atoms with E-state index < -0.39 is 11.7 Å². The number of rotatable bonds is 3. The average Bonchev–Trinajstić information content (AvgIpc) is 2.81. The van der Waals surface area contributed by atoms with E-state index in [2.05, 4.69) is 0 Å². The highest BCUT2D eigenvalue weighted by Crippen LogP contribution is 2.37. The molecule has 0 amide bonds. The van der Waals surface area contributed by atoms with Gasteiger partial charge in [0.2, 0.25) is 0 Å². The Kier molecular flexibility index (Phi) is 3.46. The number of nitrogens with zero attached hydrogens (tertiary/aromatic N) is 1. The van der Waals surface area contributed by atoms with E-state index in [9.17, 15) is 18.0 Å². The molecule has 0 bridgehead atoms. The number of carbonyl (C=O) groups is 1. The lowest BCUT2D eigenvalue weighted by molar-refractivity contribution is -0.137. The summed E-state index contributed by atoms with van der Waals surface area (Å²) in [6, 6.07) is 6.84. The molecule has 2 aromatic rings. The van der Waals surface area contributed by atoms with Gasteiger partial charge in [0.1, 0.15) is 0 Å².